The normalized spacial score (nSPS) is 16.3. The molecule has 0 spiro atoms. The van der Waals surface area contributed by atoms with Crippen molar-refractivity contribution in [3.05, 3.63) is 0 Å². The Balaban J connectivity index is 1.78. The van der Waals surface area contributed by atoms with Crippen LogP contribution in [-0.4, -0.2) is 37.7 Å². The molecule has 0 radical (unpaired) electrons. The number of ether oxygens (including phenoxy) is 1. The molecule has 1 aliphatic carbocycles. The van der Waals surface area contributed by atoms with Crippen LogP contribution in [0.15, 0.2) is 0 Å². The van der Waals surface area contributed by atoms with Crippen molar-refractivity contribution >= 4 is 0 Å². The van der Waals surface area contributed by atoms with Gasteiger partial charge in [-0.2, -0.15) is 0 Å². The first-order chi connectivity index (χ1) is 11.3. The lowest BCUT2D eigenvalue weighted by molar-refractivity contribution is 0.0189. The van der Waals surface area contributed by atoms with Gasteiger partial charge in [-0.1, -0.05) is 84.0 Å². The highest BCUT2D eigenvalue weighted by Crippen LogP contribution is 2.20. The maximum absolute atomic E-state index is 6.01. The highest BCUT2D eigenvalue weighted by atomic mass is 16.5. The molecule has 1 rings (SSSR count). The SMILES string of the molecule is CCCCCCCCCCCCN(C)CCOC1CCCCC1. The fourth-order valence-corrected chi connectivity index (χ4v) is 3.59. The van der Waals surface area contributed by atoms with E-state index in [1.807, 2.05) is 0 Å². The van der Waals surface area contributed by atoms with Crippen molar-refractivity contribution in [1.29, 1.82) is 0 Å². The molecule has 23 heavy (non-hydrogen) atoms. The maximum Gasteiger partial charge on any atom is 0.0597 e. The third-order valence-corrected chi connectivity index (χ3v) is 5.27. The van der Waals surface area contributed by atoms with Gasteiger partial charge in [-0.3, -0.25) is 0 Å². The van der Waals surface area contributed by atoms with E-state index in [9.17, 15) is 0 Å². The molecule has 1 aliphatic rings. The molecular weight excluding hydrogens is 282 g/mol. The lowest BCUT2D eigenvalue weighted by Crippen LogP contribution is -2.27. The molecular formula is C21H43NO. The summed E-state index contributed by atoms with van der Waals surface area (Å²) in [5.74, 6) is 0. The number of hydrogen-bond acceptors (Lipinski definition) is 2. The summed E-state index contributed by atoms with van der Waals surface area (Å²) in [6, 6.07) is 0. The minimum atomic E-state index is 0.564. The Hall–Kier alpha value is -0.0800. The second-order valence-electron chi connectivity index (χ2n) is 7.62. The quantitative estimate of drug-likeness (QED) is 0.333. The molecule has 0 aromatic carbocycles. The van der Waals surface area contributed by atoms with Crippen LogP contribution >= 0.6 is 0 Å². The Kier molecular flexibility index (Phi) is 14.1. The van der Waals surface area contributed by atoms with Crippen molar-refractivity contribution in [1.82, 2.24) is 4.90 Å². The first-order valence-electron chi connectivity index (χ1n) is 10.6. The van der Waals surface area contributed by atoms with Crippen molar-refractivity contribution in [3.8, 4) is 0 Å². The van der Waals surface area contributed by atoms with E-state index in [0.717, 1.165) is 13.2 Å². The van der Waals surface area contributed by atoms with E-state index >= 15 is 0 Å². The van der Waals surface area contributed by atoms with Crippen LogP contribution < -0.4 is 0 Å². The first kappa shape index (κ1) is 21.0. The van der Waals surface area contributed by atoms with Crippen LogP contribution in [0, 0.1) is 0 Å². The van der Waals surface area contributed by atoms with Gasteiger partial charge in [0.2, 0.25) is 0 Å². The van der Waals surface area contributed by atoms with Crippen molar-refractivity contribution in [2.24, 2.45) is 0 Å². The summed E-state index contributed by atoms with van der Waals surface area (Å²) in [5, 5.41) is 0. The van der Waals surface area contributed by atoms with E-state index in [1.165, 1.54) is 103 Å². The van der Waals surface area contributed by atoms with E-state index < -0.39 is 0 Å². The summed E-state index contributed by atoms with van der Waals surface area (Å²) >= 11 is 0. The Morgan fingerprint density at radius 3 is 1.91 bits per heavy atom. The summed E-state index contributed by atoms with van der Waals surface area (Å²) in [5.41, 5.74) is 0. The molecule has 0 heterocycles. The van der Waals surface area contributed by atoms with Gasteiger partial charge in [0, 0.05) is 6.54 Å². The van der Waals surface area contributed by atoms with Crippen LogP contribution in [0.5, 0.6) is 0 Å². The van der Waals surface area contributed by atoms with Gasteiger partial charge < -0.3 is 9.64 Å². The van der Waals surface area contributed by atoms with E-state index in [-0.39, 0.29) is 0 Å². The summed E-state index contributed by atoms with van der Waals surface area (Å²) in [6.45, 7) is 5.57. The molecule has 0 atom stereocenters. The summed E-state index contributed by atoms with van der Waals surface area (Å²) in [7, 11) is 2.25. The van der Waals surface area contributed by atoms with Crippen LogP contribution in [0.4, 0.5) is 0 Å². The smallest absolute Gasteiger partial charge is 0.0597 e. The van der Waals surface area contributed by atoms with Gasteiger partial charge >= 0.3 is 0 Å². The van der Waals surface area contributed by atoms with Crippen LogP contribution in [0.25, 0.3) is 0 Å². The summed E-state index contributed by atoms with van der Waals surface area (Å²) in [6.07, 6.45) is 21.6. The highest BCUT2D eigenvalue weighted by molar-refractivity contribution is 4.65. The van der Waals surface area contributed by atoms with Gasteiger partial charge in [-0.05, 0) is 32.9 Å². The van der Waals surface area contributed by atoms with Crippen molar-refractivity contribution in [2.45, 2.75) is 109 Å². The lowest BCUT2D eigenvalue weighted by Gasteiger charge is -2.23. The molecule has 0 unspecified atom stereocenters. The second kappa shape index (κ2) is 15.4. The van der Waals surface area contributed by atoms with Gasteiger partial charge in [0.05, 0.1) is 12.7 Å². The zero-order valence-corrected chi connectivity index (χ0v) is 16.2. The lowest BCUT2D eigenvalue weighted by atomic mass is 9.98. The number of hydrogen-bond donors (Lipinski definition) is 0. The fourth-order valence-electron chi connectivity index (χ4n) is 3.59. The topological polar surface area (TPSA) is 12.5 Å². The molecule has 1 saturated carbocycles. The molecule has 0 saturated heterocycles. The van der Waals surface area contributed by atoms with Crippen LogP contribution in [-0.2, 0) is 4.74 Å². The van der Waals surface area contributed by atoms with Gasteiger partial charge in [0.1, 0.15) is 0 Å². The Morgan fingerprint density at radius 2 is 1.30 bits per heavy atom. The molecule has 138 valence electrons. The molecule has 0 bridgehead atoms. The highest BCUT2D eigenvalue weighted by Gasteiger charge is 2.13. The predicted molar refractivity (Wildman–Crippen MR) is 102 cm³/mol. The minimum Gasteiger partial charge on any atom is -0.377 e. The Morgan fingerprint density at radius 1 is 0.739 bits per heavy atom. The molecule has 0 aromatic heterocycles. The van der Waals surface area contributed by atoms with Gasteiger partial charge in [-0.15, -0.1) is 0 Å². The standard InChI is InChI=1S/C21H43NO/c1-3-4-5-6-7-8-9-10-11-15-18-22(2)19-20-23-21-16-13-12-14-17-21/h21H,3-20H2,1-2H3. The van der Waals surface area contributed by atoms with E-state index in [4.69, 9.17) is 4.74 Å². The number of unbranched alkanes of at least 4 members (excludes halogenated alkanes) is 9. The van der Waals surface area contributed by atoms with Crippen LogP contribution in [0.3, 0.4) is 0 Å². The third kappa shape index (κ3) is 12.9. The molecule has 2 nitrogen and oxygen atoms in total. The first-order valence-corrected chi connectivity index (χ1v) is 10.6. The molecule has 0 N–H and O–H groups in total. The monoisotopic (exact) mass is 325 g/mol. The van der Waals surface area contributed by atoms with Crippen molar-refractivity contribution in [3.63, 3.8) is 0 Å². The van der Waals surface area contributed by atoms with Crippen LogP contribution in [0.2, 0.25) is 0 Å². The molecule has 0 aliphatic heterocycles. The number of rotatable bonds is 15. The zero-order chi connectivity index (χ0) is 16.6. The third-order valence-electron chi connectivity index (χ3n) is 5.27. The van der Waals surface area contributed by atoms with E-state index in [2.05, 4.69) is 18.9 Å². The second-order valence-corrected chi connectivity index (χ2v) is 7.62. The molecule has 0 aromatic rings. The largest absolute Gasteiger partial charge is 0.377 e. The van der Waals surface area contributed by atoms with E-state index in [0.29, 0.717) is 6.10 Å². The predicted octanol–water partition coefficient (Wildman–Crippen LogP) is 6.19. The fraction of sp³-hybridized carbons (Fsp3) is 1.00. The summed E-state index contributed by atoms with van der Waals surface area (Å²) in [4.78, 5) is 2.45. The van der Waals surface area contributed by atoms with Crippen molar-refractivity contribution in [2.75, 3.05) is 26.7 Å². The van der Waals surface area contributed by atoms with Crippen molar-refractivity contribution < 1.29 is 4.74 Å². The van der Waals surface area contributed by atoms with Gasteiger partial charge in [-0.25, -0.2) is 0 Å². The molecule has 1 fully saturated rings. The average Bonchev–Trinajstić information content (AvgIpc) is 2.57. The molecule has 2 heteroatoms. The minimum absolute atomic E-state index is 0.564. The van der Waals surface area contributed by atoms with Gasteiger partial charge in [0.15, 0.2) is 0 Å². The molecule has 0 amide bonds. The zero-order valence-electron chi connectivity index (χ0n) is 16.2. The summed E-state index contributed by atoms with van der Waals surface area (Å²) < 4.78 is 6.01. The Bertz CT molecular complexity index is 238. The average molecular weight is 326 g/mol. The number of likely N-dealkylation sites (N-methyl/N-ethyl adjacent to an activating group) is 1. The Labute approximate surface area is 146 Å². The van der Waals surface area contributed by atoms with E-state index in [1.54, 1.807) is 0 Å². The maximum atomic E-state index is 6.01. The van der Waals surface area contributed by atoms with Crippen LogP contribution in [0.1, 0.15) is 103 Å². The van der Waals surface area contributed by atoms with Gasteiger partial charge in [0.25, 0.3) is 0 Å². The number of nitrogens with zero attached hydrogens (tertiary/aromatic N) is 1.